The molecule has 0 aromatic carbocycles. The largest absolute Gasteiger partial charge is 0 e. The van der Waals surface area contributed by atoms with Gasteiger partial charge in [-0.3, -0.25) is 0 Å². The van der Waals surface area contributed by atoms with E-state index in [9.17, 15) is 0 Å². The summed E-state index contributed by atoms with van der Waals surface area (Å²) < 4.78 is 0. The van der Waals surface area contributed by atoms with Crippen molar-refractivity contribution in [1.82, 2.24) is 0 Å². The maximum atomic E-state index is 2.62. The summed E-state index contributed by atoms with van der Waals surface area (Å²) >= 11 is 2.62. The molecule has 0 saturated heterocycles. The number of hydrogen-bond donors (Lipinski definition) is 0. The smallest absolute Gasteiger partial charge is 0 e. The van der Waals surface area contributed by atoms with Gasteiger partial charge in [0.15, 0.2) is 17.4 Å². The van der Waals surface area contributed by atoms with Crippen molar-refractivity contribution in [3.05, 3.63) is 0 Å². The fourth-order valence-corrected chi connectivity index (χ4v) is 0. The normalized spacial score (nSPS) is 0.833. The Morgan fingerprint density at radius 2 is 1.17 bits per heavy atom. The standard InChI is InChI=1S/CH3.Al.BH3.Cr.Mn.Ti.3H/h1H3;;1H3;;;;;;. The first-order valence-electron chi connectivity index (χ1n) is 0.408. The van der Waals surface area contributed by atoms with Gasteiger partial charge in [-0.2, -0.15) is 0 Å². The predicted molar refractivity (Wildman–Crippen MR) is 25.7 cm³/mol. The molecule has 0 aliphatic rings. The van der Waals surface area contributed by atoms with Gasteiger partial charge in [0.25, 0.3) is 0 Å². The van der Waals surface area contributed by atoms with E-state index in [1.807, 2.05) is 5.79 Å². The van der Waals surface area contributed by atoms with E-state index in [1.165, 1.54) is 0 Å². The molecule has 0 aromatic heterocycles. The summed E-state index contributed by atoms with van der Waals surface area (Å²) in [6.07, 6.45) is 0. The van der Waals surface area contributed by atoms with E-state index in [0.717, 1.165) is 0 Å². The second-order valence-electron chi connectivity index (χ2n) is 0. The molecule has 0 heterocycles. The summed E-state index contributed by atoms with van der Waals surface area (Å²) in [4.78, 5) is 0. The van der Waals surface area contributed by atoms with Crippen molar-refractivity contribution in [2.75, 3.05) is 0 Å². The van der Waals surface area contributed by atoms with Crippen LogP contribution in [0.15, 0.2) is 0 Å². The van der Waals surface area contributed by atoms with Gasteiger partial charge in [-0.25, -0.2) is 0 Å². The predicted octanol–water partition coefficient (Wildman–Crippen LogP) is -1.79. The van der Waals surface area contributed by atoms with Crippen LogP contribution in [0, 0.1) is 0 Å². The molecule has 0 nitrogen and oxygen atoms in total. The summed E-state index contributed by atoms with van der Waals surface area (Å²) in [6.45, 7) is 0. The molecule has 0 rings (SSSR count). The molecule has 1 radical (unpaired) electrons. The Kier molecular flexibility index (Phi) is 357. The zero-order valence-electron chi connectivity index (χ0n) is 2.29. The molecular weight excluding hydrogens is 205 g/mol. The average molecular weight is 214 g/mol. The molecule has 0 N–H and O–H groups in total. The Morgan fingerprint density at radius 3 is 1.17 bits per heavy atom. The van der Waals surface area contributed by atoms with E-state index >= 15 is 0 Å². The average Bonchev–Trinajstić information content (AvgIpc) is 1.00. The quantitative estimate of drug-likeness (QED) is 0.417. The molecule has 0 fully saturated rings. The minimum Gasteiger partial charge on any atom is 0 e. The monoisotopic (exact) mass is 214 g/mol. The van der Waals surface area contributed by atoms with Crippen LogP contribution in [0.2, 0.25) is 5.79 Å². The van der Waals surface area contributed by atoms with Crippen molar-refractivity contribution in [1.29, 1.82) is 0 Å². The first-order chi connectivity index (χ1) is 1.00. The SMILES string of the molecule is B.[AlH3].[CH3][Cr].[Mn].[Ti]. The van der Waals surface area contributed by atoms with Crippen molar-refractivity contribution in [2.24, 2.45) is 0 Å². The van der Waals surface area contributed by atoms with Crippen LogP contribution in [0.3, 0.4) is 0 Å². The number of rotatable bonds is 0. The molecule has 5 heteroatoms. The fraction of sp³-hybridized carbons (Fsp3) is 1.00. The molecule has 0 aromatic rings. The zero-order valence-corrected chi connectivity index (χ0v) is 6.30. The molecule has 0 spiro atoms. The van der Waals surface area contributed by atoms with Crippen LogP contribution in [0.5, 0.6) is 0 Å². The Bertz CT molecular complexity index is 15.5. The van der Waals surface area contributed by atoms with Crippen LogP contribution in [-0.4, -0.2) is 25.8 Å². The molecule has 0 aliphatic carbocycles. The van der Waals surface area contributed by atoms with Gasteiger partial charge in [0.05, 0.1) is 8.41 Å². The van der Waals surface area contributed by atoms with Gasteiger partial charge in [0.2, 0.25) is 0 Å². The van der Waals surface area contributed by atoms with E-state index in [2.05, 4.69) is 16.3 Å². The first-order valence-corrected chi connectivity index (χ1v) is 1.68. The molecule has 36 valence electrons. The second-order valence-corrected chi connectivity index (χ2v) is 0. The van der Waals surface area contributed by atoms with Gasteiger partial charge in [-0.1, -0.05) is 0 Å². The van der Waals surface area contributed by atoms with E-state index < -0.39 is 0 Å². The van der Waals surface area contributed by atoms with E-state index in [0.29, 0.717) is 0 Å². The van der Waals surface area contributed by atoms with E-state index in [1.54, 1.807) is 0 Å². The van der Waals surface area contributed by atoms with Crippen molar-refractivity contribution in [3.63, 3.8) is 0 Å². The minimum atomic E-state index is 0. The Balaban J connectivity index is -0.000000000833. The summed E-state index contributed by atoms with van der Waals surface area (Å²) in [5.74, 6) is 1.88. The van der Waals surface area contributed by atoms with Gasteiger partial charge in [0.1, 0.15) is 0 Å². The number of hydrogen-bond acceptors (Lipinski definition) is 0. The van der Waals surface area contributed by atoms with Gasteiger partial charge >= 0.3 is 22.1 Å². The molecule has 0 bridgehead atoms. The molecule has 0 aliphatic heterocycles. The van der Waals surface area contributed by atoms with Crippen molar-refractivity contribution in [2.45, 2.75) is 5.79 Å². The van der Waals surface area contributed by atoms with Crippen molar-refractivity contribution >= 4 is 25.8 Å². The van der Waals surface area contributed by atoms with Crippen LogP contribution >= 0.6 is 0 Å². The van der Waals surface area contributed by atoms with Crippen LogP contribution in [-0.2, 0) is 55.1 Å². The molecular formula is CH9AlBCrMnTi. The van der Waals surface area contributed by atoms with E-state index in [4.69, 9.17) is 0 Å². The maximum Gasteiger partial charge on any atom is 0 e. The third kappa shape index (κ3) is 32.8. The third-order valence-electron chi connectivity index (χ3n) is 0. The fourth-order valence-electron chi connectivity index (χ4n) is 0. The Morgan fingerprint density at radius 1 is 1.17 bits per heavy atom. The summed E-state index contributed by atoms with van der Waals surface area (Å²) in [5, 5.41) is 0. The van der Waals surface area contributed by atoms with Crippen molar-refractivity contribution in [3.8, 4) is 0 Å². The topological polar surface area (TPSA) is 0 Å². The Hall–Kier alpha value is 2.36. The third-order valence-corrected chi connectivity index (χ3v) is 0. The van der Waals surface area contributed by atoms with Crippen LogP contribution in [0.4, 0.5) is 0 Å². The molecule has 0 saturated carbocycles. The summed E-state index contributed by atoms with van der Waals surface area (Å²) in [7, 11) is 0. The zero-order chi connectivity index (χ0) is 2.00. The molecule has 0 atom stereocenters. The van der Waals surface area contributed by atoms with Crippen LogP contribution < -0.4 is 0 Å². The Labute approximate surface area is 85.7 Å². The second kappa shape index (κ2) is 53.4. The first kappa shape index (κ1) is 40.1. The minimum absolute atomic E-state index is 0. The van der Waals surface area contributed by atoms with Crippen molar-refractivity contribution < 1.29 is 55.1 Å². The van der Waals surface area contributed by atoms with Crippen LogP contribution in [0.25, 0.3) is 0 Å². The van der Waals surface area contributed by atoms with Gasteiger partial charge in [-0.15, -0.1) is 0 Å². The van der Waals surface area contributed by atoms with Gasteiger partial charge in [-0.05, 0) is 0 Å². The summed E-state index contributed by atoms with van der Waals surface area (Å²) in [5.41, 5.74) is 0. The maximum absolute atomic E-state index is 2.62. The van der Waals surface area contributed by atoms with E-state index in [-0.39, 0.29) is 64.6 Å². The van der Waals surface area contributed by atoms with Crippen LogP contribution in [0.1, 0.15) is 0 Å². The van der Waals surface area contributed by atoms with Gasteiger partial charge in [0, 0.05) is 38.8 Å². The molecule has 0 unspecified atom stereocenters. The molecule has 6 heavy (non-hydrogen) atoms. The summed E-state index contributed by atoms with van der Waals surface area (Å²) in [6, 6.07) is 0. The van der Waals surface area contributed by atoms with Gasteiger partial charge < -0.3 is 0 Å². The molecule has 0 amide bonds.